The van der Waals surface area contributed by atoms with Crippen molar-refractivity contribution in [1.82, 2.24) is 15.0 Å². The van der Waals surface area contributed by atoms with E-state index in [2.05, 4.69) is 72.8 Å². The number of hydrogen-bond acceptors (Lipinski definition) is 4. The van der Waals surface area contributed by atoms with E-state index in [9.17, 15) is 0 Å². The predicted molar refractivity (Wildman–Crippen MR) is 166 cm³/mol. The van der Waals surface area contributed by atoms with Crippen LogP contribution in [0.2, 0.25) is 0 Å². The lowest BCUT2D eigenvalue weighted by Crippen LogP contribution is -1.95. The highest BCUT2D eigenvalue weighted by Crippen LogP contribution is 2.38. The molecule has 0 N–H and O–H groups in total. The third kappa shape index (κ3) is 4.05. The van der Waals surface area contributed by atoms with Gasteiger partial charge in [0.2, 0.25) is 5.89 Å². The fourth-order valence-electron chi connectivity index (χ4n) is 5.53. The van der Waals surface area contributed by atoms with Crippen molar-refractivity contribution in [3.05, 3.63) is 140 Å². The third-order valence-corrected chi connectivity index (χ3v) is 7.54. The molecular weight excluding hydrogens is 502 g/mol. The van der Waals surface area contributed by atoms with Crippen LogP contribution in [0, 0.1) is 0 Å². The molecule has 0 radical (unpaired) electrons. The van der Waals surface area contributed by atoms with Gasteiger partial charge in [0, 0.05) is 16.7 Å². The molecule has 2 aromatic heterocycles. The van der Waals surface area contributed by atoms with Gasteiger partial charge in [0.1, 0.15) is 5.52 Å². The van der Waals surface area contributed by atoms with E-state index in [1.54, 1.807) is 0 Å². The molecule has 0 bridgehead atoms. The second-order valence-electron chi connectivity index (χ2n) is 10.0. The fourth-order valence-corrected chi connectivity index (χ4v) is 5.53. The Kier molecular flexibility index (Phi) is 5.42. The minimum absolute atomic E-state index is 0.632. The van der Waals surface area contributed by atoms with E-state index >= 15 is 0 Å². The molecule has 192 valence electrons. The Balaban J connectivity index is 1.24. The van der Waals surface area contributed by atoms with Gasteiger partial charge in [-0.05, 0) is 52.2 Å². The molecule has 0 fully saturated rings. The van der Waals surface area contributed by atoms with Gasteiger partial charge < -0.3 is 4.42 Å². The first kappa shape index (κ1) is 23.3. The van der Waals surface area contributed by atoms with Gasteiger partial charge >= 0.3 is 0 Å². The van der Waals surface area contributed by atoms with Gasteiger partial charge in [0.15, 0.2) is 5.58 Å². The first-order chi connectivity index (χ1) is 20.3. The minimum atomic E-state index is 0.632. The van der Waals surface area contributed by atoms with Crippen molar-refractivity contribution in [3.8, 4) is 45.1 Å². The summed E-state index contributed by atoms with van der Waals surface area (Å²) in [6.45, 7) is 0. The average Bonchev–Trinajstić information content (AvgIpc) is 3.48. The highest BCUT2D eigenvalue weighted by atomic mass is 16.3. The molecule has 4 heteroatoms. The molecule has 0 saturated carbocycles. The van der Waals surface area contributed by atoms with Crippen LogP contribution in [0.4, 0.5) is 0 Å². The van der Waals surface area contributed by atoms with Crippen molar-refractivity contribution in [2.75, 3.05) is 0 Å². The monoisotopic (exact) mass is 525 g/mol. The number of rotatable bonds is 4. The first-order valence-corrected chi connectivity index (χ1v) is 13.6. The second kappa shape index (κ2) is 9.54. The van der Waals surface area contributed by atoms with Crippen LogP contribution >= 0.6 is 0 Å². The topological polar surface area (TPSA) is 51.8 Å². The molecular formula is C37H23N3O. The number of aromatic nitrogens is 3. The van der Waals surface area contributed by atoms with Crippen LogP contribution in [0.1, 0.15) is 0 Å². The summed E-state index contributed by atoms with van der Waals surface area (Å²) >= 11 is 0. The fraction of sp³-hybridized carbons (Fsp3) is 0. The summed E-state index contributed by atoms with van der Waals surface area (Å²) in [4.78, 5) is 14.8. The molecule has 6 aromatic carbocycles. The van der Waals surface area contributed by atoms with Crippen LogP contribution in [-0.2, 0) is 0 Å². The predicted octanol–water partition coefficient (Wildman–Crippen LogP) is 9.59. The van der Waals surface area contributed by atoms with Crippen molar-refractivity contribution in [1.29, 1.82) is 0 Å². The maximum Gasteiger partial charge on any atom is 0.227 e. The van der Waals surface area contributed by atoms with E-state index in [1.165, 1.54) is 0 Å². The number of benzene rings is 6. The molecule has 8 aromatic rings. The summed E-state index contributed by atoms with van der Waals surface area (Å²) in [6.07, 6.45) is 0. The summed E-state index contributed by atoms with van der Waals surface area (Å²) in [5, 5.41) is 2.25. The lowest BCUT2D eigenvalue weighted by molar-refractivity contribution is 0.620. The zero-order chi connectivity index (χ0) is 27.2. The van der Waals surface area contributed by atoms with Crippen LogP contribution in [0.25, 0.3) is 78.0 Å². The smallest absolute Gasteiger partial charge is 0.227 e. The Morgan fingerprint density at radius 2 is 0.878 bits per heavy atom. The van der Waals surface area contributed by atoms with Gasteiger partial charge in [0.05, 0.1) is 22.4 Å². The lowest BCUT2D eigenvalue weighted by atomic mass is 9.94. The first-order valence-electron chi connectivity index (χ1n) is 13.6. The highest BCUT2D eigenvalue weighted by Gasteiger charge is 2.16. The van der Waals surface area contributed by atoms with E-state index in [4.69, 9.17) is 19.4 Å². The molecule has 0 spiro atoms. The molecule has 0 aliphatic rings. The number of hydrogen-bond donors (Lipinski definition) is 0. The standard InChI is InChI=1S/C37H23N3O/c1-2-10-25(11-3-1)35-36(39-32-15-7-6-14-31(32)38-35)26-20-18-24(19-21-26)27-22-23-30(29-13-5-4-12-28(27)29)37-40-33-16-8-9-17-34(33)41-37/h1-23H. The van der Waals surface area contributed by atoms with Crippen molar-refractivity contribution < 1.29 is 4.42 Å². The Bertz CT molecular complexity index is 2170. The molecule has 0 saturated heterocycles. The molecule has 2 heterocycles. The Morgan fingerprint density at radius 3 is 1.56 bits per heavy atom. The molecule has 4 nitrogen and oxygen atoms in total. The quantitative estimate of drug-likeness (QED) is 0.230. The maximum absolute atomic E-state index is 6.13. The summed E-state index contributed by atoms with van der Waals surface area (Å²) in [5.74, 6) is 0.632. The van der Waals surface area contributed by atoms with Crippen molar-refractivity contribution in [2.24, 2.45) is 0 Å². The van der Waals surface area contributed by atoms with E-state index in [0.717, 1.165) is 72.1 Å². The zero-order valence-corrected chi connectivity index (χ0v) is 22.0. The number of para-hydroxylation sites is 4. The van der Waals surface area contributed by atoms with E-state index in [-0.39, 0.29) is 0 Å². The Hall–Kier alpha value is -5.61. The lowest BCUT2D eigenvalue weighted by Gasteiger charge is -2.13. The van der Waals surface area contributed by atoms with Crippen LogP contribution in [0.15, 0.2) is 144 Å². The molecule has 8 rings (SSSR count). The number of oxazole rings is 1. The summed E-state index contributed by atoms with van der Waals surface area (Å²) in [7, 11) is 0. The average molecular weight is 526 g/mol. The van der Waals surface area contributed by atoms with E-state index < -0.39 is 0 Å². The molecule has 0 unspecified atom stereocenters. The van der Waals surface area contributed by atoms with E-state index in [1.807, 2.05) is 66.7 Å². The molecule has 0 atom stereocenters. The maximum atomic E-state index is 6.13. The van der Waals surface area contributed by atoms with Crippen LogP contribution in [0.3, 0.4) is 0 Å². The van der Waals surface area contributed by atoms with Crippen LogP contribution in [0.5, 0.6) is 0 Å². The molecule has 41 heavy (non-hydrogen) atoms. The third-order valence-electron chi connectivity index (χ3n) is 7.54. The summed E-state index contributed by atoms with van der Waals surface area (Å²) in [6, 6.07) is 47.5. The zero-order valence-electron chi connectivity index (χ0n) is 22.0. The van der Waals surface area contributed by atoms with Crippen molar-refractivity contribution >= 4 is 32.9 Å². The number of nitrogens with zero attached hydrogens (tertiary/aromatic N) is 3. The summed E-state index contributed by atoms with van der Waals surface area (Å²) in [5.41, 5.74) is 10.5. The van der Waals surface area contributed by atoms with Gasteiger partial charge in [0.25, 0.3) is 0 Å². The van der Waals surface area contributed by atoms with Crippen molar-refractivity contribution in [3.63, 3.8) is 0 Å². The Morgan fingerprint density at radius 1 is 0.366 bits per heavy atom. The van der Waals surface area contributed by atoms with Crippen LogP contribution < -0.4 is 0 Å². The SMILES string of the molecule is c1ccc(-c2nc3ccccc3nc2-c2ccc(-c3ccc(-c4nc5ccccc5o4)c4ccccc34)cc2)cc1. The molecule has 0 aliphatic heterocycles. The minimum Gasteiger partial charge on any atom is -0.436 e. The van der Waals surface area contributed by atoms with Crippen molar-refractivity contribution in [2.45, 2.75) is 0 Å². The second-order valence-corrected chi connectivity index (χ2v) is 10.0. The number of fused-ring (bicyclic) bond motifs is 3. The van der Waals surface area contributed by atoms with Gasteiger partial charge in [-0.2, -0.15) is 0 Å². The van der Waals surface area contributed by atoms with E-state index in [0.29, 0.717) is 5.89 Å². The van der Waals surface area contributed by atoms with Gasteiger partial charge in [-0.15, -0.1) is 0 Å². The van der Waals surface area contributed by atoms with Gasteiger partial charge in [-0.25, -0.2) is 15.0 Å². The molecule has 0 amide bonds. The summed E-state index contributed by atoms with van der Waals surface area (Å²) < 4.78 is 6.13. The normalized spacial score (nSPS) is 11.4. The van der Waals surface area contributed by atoms with Crippen LogP contribution in [-0.4, -0.2) is 15.0 Å². The van der Waals surface area contributed by atoms with Gasteiger partial charge in [-0.3, -0.25) is 0 Å². The molecule has 0 aliphatic carbocycles. The Labute approximate surface area is 236 Å². The van der Waals surface area contributed by atoms with Gasteiger partial charge in [-0.1, -0.05) is 109 Å². The largest absolute Gasteiger partial charge is 0.436 e. The highest BCUT2D eigenvalue weighted by molar-refractivity contribution is 6.04.